The quantitative estimate of drug-likeness (QED) is 0.714. The smallest absolute Gasteiger partial charge is 0.319 e. The fraction of sp³-hybridized carbons (Fsp3) is 0.350. The van der Waals surface area contributed by atoms with E-state index in [4.69, 9.17) is 14.2 Å². The zero-order valence-electron chi connectivity index (χ0n) is 15.5. The summed E-state index contributed by atoms with van der Waals surface area (Å²) in [6, 6.07) is 12.8. The maximum atomic E-state index is 12.0. The number of nitrogens with one attached hydrogen (secondary N) is 2. The lowest BCUT2D eigenvalue weighted by molar-refractivity contribution is 0.252. The molecule has 0 aliphatic rings. The van der Waals surface area contributed by atoms with Crippen molar-refractivity contribution in [1.82, 2.24) is 5.32 Å². The fourth-order valence-electron chi connectivity index (χ4n) is 2.42. The number of hydrogen-bond donors (Lipinski definition) is 2. The molecular formula is C20H26N2O4. The Morgan fingerprint density at radius 1 is 0.962 bits per heavy atom. The third-order valence-electron chi connectivity index (χ3n) is 3.65. The average molecular weight is 358 g/mol. The van der Waals surface area contributed by atoms with Crippen molar-refractivity contribution in [1.29, 1.82) is 0 Å². The number of methoxy groups -OCH3 is 1. The van der Waals surface area contributed by atoms with Crippen molar-refractivity contribution in [3.8, 4) is 17.2 Å². The van der Waals surface area contributed by atoms with Gasteiger partial charge in [-0.3, -0.25) is 0 Å². The highest BCUT2D eigenvalue weighted by Gasteiger charge is 2.07. The van der Waals surface area contributed by atoms with E-state index in [9.17, 15) is 4.79 Å². The third-order valence-corrected chi connectivity index (χ3v) is 3.65. The molecule has 2 N–H and O–H groups in total. The van der Waals surface area contributed by atoms with Crippen molar-refractivity contribution in [2.45, 2.75) is 20.3 Å². The van der Waals surface area contributed by atoms with E-state index in [-0.39, 0.29) is 6.03 Å². The molecule has 0 spiro atoms. The van der Waals surface area contributed by atoms with Crippen molar-refractivity contribution < 1.29 is 19.0 Å². The van der Waals surface area contributed by atoms with Crippen LogP contribution in [0.15, 0.2) is 42.5 Å². The highest BCUT2D eigenvalue weighted by Crippen LogP contribution is 2.28. The van der Waals surface area contributed by atoms with E-state index >= 15 is 0 Å². The first-order valence-corrected chi connectivity index (χ1v) is 8.73. The van der Waals surface area contributed by atoms with Gasteiger partial charge in [0.1, 0.15) is 5.75 Å². The standard InChI is InChI=1S/C20H26N2O4/c1-4-25-18-11-6-15(14-19(18)26-5-2)12-13-21-20(23)22-16-7-9-17(24-3)10-8-16/h6-11,14H,4-5,12-13H2,1-3H3,(H2,21,22,23). The summed E-state index contributed by atoms with van der Waals surface area (Å²) in [6.07, 6.45) is 0.697. The van der Waals surface area contributed by atoms with Crippen molar-refractivity contribution in [3.05, 3.63) is 48.0 Å². The second-order valence-electron chi connectivity index (χ2n) is 5.51. The zero-order valence-corrected chi connectivity index (χ0v) is 15.5. The monoisotopic (exact) mass is 358 g/mol. The van der Waals surface area contributed by atoms with Crippen LogP contribution in [0.3, 0.4) is 0 Å². The number of hydrogen-bond acceptors (Lipinski definition) is 4. The molecule has 0 atom stereocenters. The Bertz CT molecular complexity index is 701. The van der Waals surface area contributed by atoms with Crippen LogP contribution in [0.1, 0.15) is 19.4 Å². The summed E-state index contributed by atoms with van der Waals surface area (Å²) in [4.78, 5) is 12.0. The Balaban J connectivity index is 1.84. The molecule has 0 aliphatic carbocycles. The van der Waals surface area contributed by atoms with E-state index in [1.165, 1.54) is 0 Å². The molecule has 2 aromatic rings. The van der Waals surface area contributed by atoms with Crippen molar-refractivity contribution in [3.63, 3.8) is 0 Å². The lowest BCUT2D eigenvalue weighted by Crippen LogP contribution is -2.30. The number of ether oxygens (including phenoxy) is 3. The number of amides is 2. The summed E-state index contributed by atoms with van der Waals surface area (Å²) >= 11 is 0. The van der Waals surface area contributed by atoms with Crippen LogP contribution >= 0.6 is 0 Å². The molecule has 0 saturated carbocycles. The van der Waals surface area contributed by atoms with Crippen LogP contribution in [0.25, 0.3) is 0 Å². The first-order chi connectivity index (χ1) is 12.7. The van der Waals surface area contributed by atoms with Gasteiger partial charge < -0.3 is 24.8 Å². The first kappa shape index (κ1) is 19.4. The molecule has 2 rings (SSSR count). The molecular weight excluding hydrogens is 332 g/mol. The van der Waals surface area contributed by atoms with E-state index in [1.807, 2.05) is 32.0 Å². The normalized spacial score (nSPS) is 10.1. The second kappa shape index (κ2) is 10.2. The van der Waals surface area contributed by atoms with Gasteiger partial charge in [-0.25, -0.2) is 4.79 Å². The molecule has 140 valence electrons. The Labute approximate surface area is 154 Å². The van der Waals surface area contributed by atoms with Crippen LogP contribution in [0.4, 0.5) is 10.5 Å². The largest absolute Gasteiger partial charge is 0.497 e. The van der Waals surface area contributed by atoms with Crippen LogP contribution < -0.4 is 24.8 Å². The van der Waals surface area contributed by atoms with E-state index < -0.39 is 0 Å². The van der Waals surface area contributed by atoms with Gasteiger partial charge in [-0.2, -0.15) is 0 Å². The Morgan fingerprint density at radius 3 is 2.31 bits per heavy atom. The van der Waals surface area contributed by atoms with Gasteiger partial charge in [0.25, 0.3) is 0 Å². The summed E-state index contributed by atoms with van der Waals surface area (Å²) in [5, 5.41) is 5.63. The molecule has 0 fully saturated rings. The molecule has 0 aliphatic heterocycles. The lowest BCUT2D eigenvalue weighted by atomic mass is 10.1. The summed E-state index contributed by atoms with van der Waals surface area (Å²) in [5.74, 6) is 2.22. The van der Waals surface area contributed by atoms with Gasteiger partial charge in [-0.1, -0.05) is 6.07 Å². The van der Waals surface area contributed by atoms with E-state index in [2.05, 4.69) is 10.6 Å². The number of rotatable bonds is 9. The molecule has 0 unspecified atom stereocenters. The summed E-state index contributed by atoms with van der Waals surface area (Å²) in [5.41, 5.74) is 1.78. The number of benzene rings is 2. The van der Waals surface area contributed by atoms with Gasteiger partial charge in [-0.15, -0.1) is 0 Å². The minimum Gasteiger partial charge on any atom is -0.497 e. The van der Waals surface area contributed by atoms with Crippen molar-refractivity contribution in [2.75, 3.05) is 32.2 Å². The van der Waals surface area contributed by atoms with Crippen LogP contribution in [-0.2, 0) is 6.42 Å². The zero-order chi connectivity index (χ0) is 18.8. The summed E-state index contributed by atoms with van der Waals surface area (Å²) in [6.45, 7) is 5.56. The van der Waals surface area contributed by atoms with Crippen LogP contribution in [0.2, 0.25) is 0 Å². The highest BCUT2D eigenvalue weighted by molar-refractivity contribution is 5.89. The average Bonchev–Trinajstić information content (AvgIpc) is 2.65. The maximum absolute atomic E-state index is 12.0. The second-order valence-corrected chi connectivity index (χ2v) is 5.51. The third kappa shape index (κ3) is 5.88. The van der Waals surface area contributed by atoms with E-state index in [1.54, 1.807) is 31.4 Å². The Morgan fingerprint density at radius 2 is 1.65 bits per heavy atom. The molecule has 2 amide bonds. The molecule has 0 saturated heterocycles. The van der Waals surface area contributed by atoms with Gasteiger partial charge in [0.15, 0.2) is 11.5 Å². The lowest BCUT2D eigenvalue weighted by Gasteiger charge is -2.13. The van der Waals surface area contributed by atoms with Gasteiger partial charge in [-0.05, 0) is 62.2 Å². The van der Waals surface area contributed by atoms with Gasteiger partial charge in [0.05, 0.1) is 20.3 Å². The topological polar surface area (TPSA) is 68.8 Å². The number of anilines is 1. The van der Waals surface area contributed by atoms with Gasteiger partial charge in [0, 0.05) is 12.2 Å². The highest BCUT2D eigenvalue weighted by atomic mass is 16.5. The van der Waals surface area contributed by atoms with Crippen molar-refractivity contribution in [2.24, 2.45) is 0 Å². The van der Waals surface area contributed by atoms with Gasteiger partial charge in [0.2, 0.25) is 0 Å². The SMILES string of the molecule is CCOc1ccc(CCNC(=O)Nc2ccc(OC)cc2)cc1OCC. The number of carbonyl (C=O) groups excluding carboxylic acids is 1. The predicted octanol–water partition coefficient (Wildman–Crippen LogP) is 3.86. The van der Waals surface area contributed by atoms with Crippen LogP contribution in [0, 0.1) is 0 Å². The summed E-state index contributed by atoms with van der Waals surface area (Å²) in [7, 11) is 1.60. The first-order valence-electron chi connectivity index (χ1n) is 8.73. The number of urea groups is 1. The molecule has 2 aromatic carbocycles. The molecule has 0 aromatic heterocycles. The molecule has 0 bridgehead atoms. The number of carbonyl (C=O) groups is 1. The van der Waals surface area contributed by atoms with E-state index in [0.29, 0.717) is 31.9 Å². The molecule has 0 heterocycles. The molecule has 26 heavy (non-hydrogen) atoms. The minimum absolute atomic E-state index is 0.244. The fourth-order valence-corrected chi connectivity index (χ4v) is 2.42. The Hall–Kier alpha value is -2.89. The molecule has 6 nitrogen and oxygen atoms in total. The Kier molecular flexibility index (Phi) is 7.61. The minimum atomic E-state index is -0.244. The van der Waals surface area contributed by atoms with Crippen molar-refractivity contribution >= 4 is 11.7 Å². The van der Waals surface area contributed by atoms with Gasteiger partial charge >= 0.3 is 6.03 Å². The van der Waals surface area contributed by atoms with E-state index in [0.717, 1.165) is 22.8 Å². The maximum Gasteiger partial charge on any atom is 0.319 e. The molecule has 6 heteroatoms. The summed E-state index contributed by atoms with van der Waals surface area (Å²) < 4.78 is 16.3. The molecule has 0 radical (unpaired) electrons. The van der Waals surface area contributed by atoms with Crippen LogP contribution in [0.5, 0.6) is 17.2 Å². The van der Waals surface area contributed by atoms with Crippen LogP contribution in [-0.4, -0.2) is 32.9 Å². The predicted molar refractivity (Wildman–Crippen MR) is 102 cm³/mol.